The van der Waals surface area contributed by atoms with Crippen LogP contribution in [-0.2, 0) is 9.59 Å². The van der Waals surface area contributed by atoms with Crippen molar-refractivity contribution < 1.29 is 18.5 Å². The number of benzene rings is 1. The second-order valence-electron chi connectivity index (χ2n) is 7.38. The lowest BCUT2D eigenvalue weighted by molar-refractivity contribution is -0.123. The number of fused-ring (bicyclic) bond motifs is 1. The van der Waals surface area contributed by atoms with E-state index in [1.165, 1.54) is 37.5 Å². The first-order chi connectivity index (χ1) is 13.0. The largest absolute Gasteiger partial charge is 0.338 e. The van der Waals surface area contributed by atoms with Crippen LogP contribution in [0.4, 0.5) is 16.0 Å². The summed E-state index contributed by atoms with van der Waals surface area (Å²) in [6.45, 7) is 1.90. The number of carbonyl (C=O) groups excluding carboxylic acids is 2. The van der Waals surface area contributed by atoms with E-state index < -0.39 is 11.7 Å². The molecule has 1 aromatic heterocycles. The van der Waals surface area contributed by atoms with Crippen molar-refractivity contribution in [1.82, 2.24) is 5.16 Å². The fraction of sp³-hybridized carbons (Fsp3) is 0.450. The van der Waals surface area contributed by atoms with Gasteiger partial charge in [0.25, 0.3) is 0 Å². The predicted octanol–water partition coefficient (Wildman–Crippen LogP) is 4.23. The zero-order valence-corrected chi connectivity index (χ0v) is 15.2. The first kappa shape index (κ1) is 17.7. The van der Waals surface area contributed by atoms with Crippen LogP contribution in [-0.4, -0.2) is 17.0 Å². The fourth-order valence-electron chi connectivity index (χ4n) is 4.09. The third-order valence-corrected chi connectivity index (χ3v) is 5.56. The maximum Gasteiger partial charge on any atom is 0.234 e. The number of hydrogen-bond donors (Lipinski definition) is 2. The van der Waals surface area contributed by atoms with Gasteiger partial charge in [-0.25, -0.2) is 4.39 Å². The number of hydrogen-bond acceptors (Lipinski definition) is 4. The zero-order valence-electron chi connectivity index (χ0n) is 15.2. The van der Waals surface area contributed by atoms with Crippen LogP contribution < -0.4 is 10.6 Å². The number of nitrogens with zero attached hydrogens (tertiary/aromatic N) is 1. The smallest absolute Gasteiger partial charge is 0.234 e. The molecule has 1 fully saturated rings. The molecule has 2 amide bonds. The normalized spacial score (nSPS) is 20.1. The van der Waals surface area contributed by atoms with E-state index in [9.17, 15) is 14.0 Å². The third-order valence-electron chi connectivity index (χ3n) is 5.56. The molecule has 6 nitrogen and oxygen atoms in total. The van der Waals surface area contributed by atoms with E-state index in [1.54, 1.807) is 0 Å². The highest BCUT2D eigenvalue weighted by Crippen LogP contribution is 2.37. The number of rotatable bonds is 3. The van der Waals surface area contributed by atoms with Gasteiger partial charge in [-0.05, 0) is 37.5 Å². The number of amides is 2. The Balaban J connectivity index is 1.55. The molecule has 4 rings (SSSR count). The maximum absolute atomic E-state index is 13.5. The van der Waals surface area contributed by atoms with Crippen LogP contribution in [0.2, 0.25) is 0 Å². The van der Waals surface area contributed by atoms with Gasteiger partial charge < -0.3 is 9.84 Å². The van der Waals surface area contributed by atoms with E-state index >= 15 is 0 Å². The minimum absolute atomic E-state index is 0.00708. The Morgan fingerprint density at radius 3 is 2.85 bits per heavy atom. The molecule has 1 aromatic carbocycles. The van der Waals surface area contributed by atoms with Gasteiger partial charge in [-0.3, -0.25) is 14.9 Å². The van der Waals surface area contributed by atoms with E-state index in [0.29, 0.717) is 23.1 Å². The van der Waals surface area contributed by atoms with Crippen LogP contribution >= 0.6 is 0 Å². The Labute approximate surface area is 156 Å². The van der Waals surface area contributed by atoms with E-state index in [2.05, 4.69) is 15.8 Å². The van der Waals surface area contributed by atoms with Crippen molar-refractivity contribution in [3.05, 3.63) is 40.8 Å². The van der Waals surface area contributed by atoms with Crippen molar-refractivity contribution in [2.24, 2.45) is 0 Å². The molecule has 27 heavy (non-hydrogen) atoms. The summed E-state index contributed by atoms with van der Waals surface area (Å²) < 4.78 is 18.9. The Morgan fingerprint density at radius 1 is 1.30 bits per heavy atom. The zero-order chi connectivity index (χ0) is 19.0. The van der Waals surface area contributed by atoms with Crippen molar-refractivity contribution in [3.63, 3.8) is 0 Å². The van der Waals surface area contributed by atoms with Crippen LogP contribution in [0.1, 0.15) is 67.2 Å². The number of carbonyl (C=O) groups is 2. The lowest BCUT2D eigenvalue weighted by atomic mass is 9.85. The molecule has 2 N–H and O–H groups in total. The lowest BCUT2D eigenvalue weighted by Crippen LogP contribution is -2.31. The average Bonchev–Trinajstić information content (AvgIpc) is 3.01. The van der Waals surface area contributed by atoms with Crippen LogP contribution in [0.3, 0.4) is 0 Å². The van der Waals surface area contributed by atoms with E-state index in [1.807, 2.05) is 6.92 Å². The predicted molar refractivity (Wildman–Crippen MR) is 98.1 cm³/mol. The summed E-state index contributed by atoms with van der Waals surface area (Å²) in [4.78, 5) is 24.8. The fourth-order valence-corrected chi connectivity index (χ4v) is 4.09. The van der Waals surface area contributed by atoms with Crippen molar-refractivity contribution >= 4 is 23.4 Å². The summed E-state index contributed by atoms with van der Waals surface area (Å²) in [6, 6.07) is 4.06. The molecule has 1 saturated carbocycles. The molecule has 7 heteroatoms. The first-order valence-corrected chi connectivity index (χ1v) is 9.39. The first-order valence-electron chi connectivity index (χ1n) is 9.39. The summed E-state index contributed by atoms with van der Waals surface area (Å²) in [6.07, 6.45) is 5.80. The van der Waals surface area contributed by atoms with Gasteiger partial charge in [0, 0.05) is 23.6 Å². The summed E-state index contributed by atoms with van der Waals surface area (Å²) in [7, 11) is 0. The molecule has 1 aliphatic heterocycles. The van der Waals surface area contributed by atoms with Crippen molar-refractivity contribution in [1.29, 1.82) is 0 Å². The summed E-state index contributed by atoms with van der Waals surface area (Å²) in [5.74, 6) is -1.12. The van der Waals surface area contributed by atoms with Gasteiger partial charge in [0.1, 0.15) is 5.82 Å². The molecule has 142 valence electrons. The quantitative estimate of drug-likeness (QED) is 0.845. The lowest BCUT2D eigenvalue weighted by Gasteiger charge is -2.24. The molecule has 1 atom stereocenters. The number of nitrogens with one attached hydrogen (secondary N) is 2. The van der Waals surface area contributed by atoms with Gasteiger partial charge in [0.05, 0.1) is 11.6 Å². The van der Waals surface area contributed by atoms with E-state index in [0.717, 1.165) is 24.1 Å². The molecule has 2 heterocycles. The molecular weight excluding hydrogens is 349 g/mol. The molecule has 0 radical (unpaired) electrons. The van der Waals surface area contributed by atoms with E-state index in [4.69, 9.17) is 4.52 Å². The molecule has 1 aliphatic carbocycles. The standard InChI is InChI=1S/C20H22FN3O3/c1-11-18(12-5-3-2-4-6-12)24-27-20(11)23-19(26)15-10-17(25)22-16-9-13(21)7-8-14(15)16/h7-9,12,15H,2-6,10H2,1H3,(H,22,25)(H,23,26). The van der Waals surface area contributed by atoms with Gasteiger partial charge in [0.2, 0.25) is 17.7 Å². The van der Waals surface area contributed by atoms with Gasteiger partial charge in [-0.1, -0.05) is 30.5 Å². The highest BCUT2D eigenvalue weighted by molar-refractivity contribution is 6.04. The van der Waals surface area contributed by atoms with Crippen molar-refractivity contribution in [2.75, 3.05) is 10.6 Å². The highest BCUT2D eigenvalue weighted by Gasteiger charge is 2.32. The Morgan fingerprint density at radius 2 is 2.07 bits per heavy atom. The number of anilines is 2. The monoisotopic (exact) mass is 371 g/mol. The second-order valence-corrected chi connectivity index (χ2v) is 7.38. The van der Waals surface area contributed by atoms with Crippen molar-refractivity contribution in [3.8, 4) is 0 Å². The SMILES string of the molecule is Cc1c(C2CCCCC2)noc1NC(=O)C1CC(=O)Nc2cc(F)ccc21. The van der Waals surface area contributed by atoms with Gasteiger partial charge >= 0.3 is 0 Å². The molecule has 2 aliphatic rings. The van der Waals surface area contributed by atoms with Crippen LogP contribution in [0, 0.1) is 12.7 Å². The van der Waals surface area contributed by atoms with Crippen molar-refractivity contribution in [2.45, 2.75) is 57.3 Å². The topological polar surface area (TPSA) is 84.2 Å². The summed E-state index contributed by atoms with van der Waals surface area (Å²) in [5.41, 5.74) is 2.69. The minimum Gasteiger partial charge on any atom is -0.338 e. The highest BCUT2D eigenvalue weighted by atomic mass is 19.1. The Hall–Kier alpha value is -2.70. The molecule has 0 bridgehead atoms. The minimum atomic E-state index is -0.697. The molecular formula is C20H22FN3O3. The molecule has 0 saturated heterocycles. The summed E-state index contributed by atoms with van der Waals surface area (Å²) >= 11 is 0. The van der Waals surface area contributed by atoms with Crippen LogP contribution in [0.15, 0.2) is 22.7 Å². The Kier molecular flexibility index (Phi) is 4.68. The number of halogens is 1. The molecule has 2 aromatic rings. The summed E-state index contributed by atoms with van der Waals surface area (Å²) in [5, 5.41) is 9.58. The Bertz CT molecular complexity index is 887. The second kappa shape index (κ2) is 7.13. The van der Waals surface area contributed by atoms with Gasteiger partial charge in [0.15, 0.2) is 0 Å². The van der Waals surface area contributed by atoms with Crippen LogP contribution in [0.25, 0.3) is 0 Å². The number of aromatic nitrogens is 1. The van der Waals surface area contributed by atoms with Crippen LogP contribution in [0.5, 0.6) is 0 Å². The third kappa shape index (κ3) is 3.46. The average molecular weight is 371 g/mol. The maximum atomic E-state index is 13.5. The molecule has 1 unspecified atom stereocenters. The van der Waals surface area contributed by atoms with Gasteiger partial charge in [-0.15, -0.1) is 0 Å². The van der Waals surface area contributed by atoms with E-state index in [-0.39, 0.29) is 18.2 Å². The molecule has 0 spiro atoms. The van der Waals surface area contributed by atoms with Gasteiger partial charge in [-0.2, -0.15) is 0 Å².